The predicted octanol–water partition coefficient (Wildman–Crippen LogP) is 6.19. The molecule has 188 valence electrons. The molecule has 0 spiro atoms. The van der Waals surface area contributed by atoms with E-state index in [9.17, 15) is 27.6 Å². The van der Waals surface area contributed by atoms with Crippen molar-refractivity contribution in [2.75, 3.05) is 12.4 Å². The molecule has 13 heteroatoms. The van der Waals surface area contributed by atoms with E-state index >= 15 is 0 Å². The summed E-state index contributed by atoms with van der Waals surface area (Å²) in [7, 11) is 1.20. The molecule has 0 radical (unpaired) electrons. The lowest BCUT2D eigenvalue weighted by Crippen LogP contribution is -2.33. The minimum Gasteiger partial charge on any atom is -0.453 e. The van der Waals surface area contributed by atoms with Crippen LogP contribution in [-0.2, 0) is 24.0 Å². The first-order valence-corrected chi connectivity index (χ1v) is 11.8. The van der Waals surface area contributed by atoms with Crippen molar-refractivity contribution in [3.63, 3.8) is 0 Å². The number of carbonyl (C=O) groups is 2. The molecule has 0 aliphatic carbocycles. The van der Waals surface area contributed by atoms with Crippen LogP contribution in [0.1, 0.15) is 27.2 Å². The Balaban J connectivity index is 1.75. The van der Waals surface area contributed by atoms with Crippen molar-refractivity contribution in [2.45, 2.75) is 29.1 Å². The van der Waals surface area contributed by atoms with Gasteiger partial charge in [-0.1, -0.05) is 53.2 Å². The summed E-state index contributed by atoms with van der Waals surface area (Å²) in [6.45, 7) is 0.0774. The van der Waals surface area contributed by atoms with E-state index in [0.717, 1.165) is 0 Å². The molecule has 1 aliphatic rings. The Bertz CT molecular complexity index is 1410. The quantitative estimate of drug-likeness (QED) is 0.399. The lowest BCUT2D eigenvalue weighted by molar-refractivity contribution is -0.141. The van der Waals surface area contributed by atoms with Gasteiger partial charge in [0, 0.05) is 34.1 Å². The van der Waals surface area contributed by atoms with Gasteiger partial charge in [-0.2, -0.15) is 13.2 Å². The summed E-state index contributed by atoms with van der Waals surface area (Å²) in [6, 6.07) is 10.2. The van der Waals surface area contributed by atoms with Crippen LogP contribution in [0.25, 0.3) is 0 Å². The SMILES string of the molecule is COC(=O)Nc1cccc2c1CN(C(=O)c1c(Sc3c(Cl)cccc3Cl)cc(C(F)(F)F)[nH]c1=O)C2. The summed E-state index contributed by atoms with van der Waals surface area (Å²) in [4.78, 5) is 41.0. The van der Waals surface area contributed by atoms with Crippen molar-refractivity contribution in [1.82, 2.24) is 9.88 Å². The van der Waals surface area contributed by atoms with Crippen molar-refractivity contribution in [3.8, 4) is 0 Å². The number of nitrogens with zero attached hydrogens (tertiary/aromatic N) is 1. The van der Waals surface area contributed by atoms with Crippen molar-refractivity contribution in [2.24, 2.45) is 0 Å². The summed E-state index contributed by atoms with van der Waals surface area (Å²) in [5.74, 6) is -0.795. The second kappa shape index (κ2) is 10.1. The predicted molar refractivity (Wildman–Crippen MR) is 129 cm³/mol. The monoisotopic (exact) mass is 557 g/mol. The minimum absolute atomic E-state index is 0.00571. The molecule has 0 bridgehead atoms. The maximum Gasteiger partial charge on any atom is 0.431 e. The number of nitrogens with one attached hydrogen (secondary N) is 2. The molecule has 2 aromatic carbocycles. The van der Waals surface area contributed by atoms with Crippen LogP contribution in [-0.4, -0.2) is 29.0 Å². The molecule has 3 aromatic rings. The molecule has 0 unspecified atom stereocenters. The van der Waals surface area contributed by atoms with E-state index in [1.165, 1.54) is 24.1 Å². The molecule has 0 saturated carbocycles. The van der Waals surface area contributed by atoms with Gasteiger partial charge in [0.2, 0.25) is 0 Å². The van der Waals surface area contributed by atoms with E-state index in [-0.39, 0.29) is 32.9 Å². The summed E-state index contributed by atoms with van der Waals surface area (Å²) < 4.78 is 45.0. The van der Waals surface area contributed by atoms with E-state index < -0.39 is 35.0 Å². The number of ether oxygens (including phenoxy) is 1. The average Bonchev–Trinajstić information content (AvgIpc) is 3.26. The molecular formula is C23H16Cl2F3N3O4S. The first kappa shape index (κ1) is 25.9. The van der Waals surface area contributed by atoms with Gasteiger partial charge in [0.25, 0.3) is 11.5 Å². The number of pyridine rings is 1. The highest BCUT2D eigenvalue weighted by atomic mass is 35.5. The Morgan fingerprint density at radius 2 is 1.78 bits per heavy atom. The molecule has 36 heavy (non-hydrogen) atoms. The number of methoxy groups -OCH3 is 1. The number of H-pyrrole nitrogens is 1. The summed E-state index contributed by atoms with van der Waals surface area (Å²) >= 11 is 13.1. The average molecular weight is 558 g/mol. The largest absolute Gasteiger partial charge is 0.453 e. The molecule has 0 atom stereocenters. The second-order valence-electron chi connectivity index (χ2n) is 7.62. The van der Waals surface area contributed by atoms with Crippen molar-refractivity contribution in [1.29, 1.82) is 0 Å². The van der Waals surface area contributed by atoms with Gasteiger partial charge < -0.3 is 14.6 Å². The molecule has 0 saturated heterocycles. The zero-order valence-electron chi connectivity index (χ0n) is 18.3. The molecule has 2 N–H and O–H groups in total. The third-order valence-electron chi connectivity index (χ3n) is 5.34. The topological polar surface area (TPSA) is 91.5 Å². The molecule has 2 amide bonds. The van der Waals surface area contributed by atoms with Crippen LogP contribution in [0.4, 0.5) is 23.7 Å². The number of amides is 2. The number of benzene rings is 2. The Hall–Kier alpha value is -3.15. The third kappa shape index (κ3) is 5.18. The lowest BCUT2D eigenvalue weighted by atomic mass is 10.1. The first-order valence-electron chi connectivity index (χ1n) is 10.2. The molecule has 2 heterocycles. The lowest BCUT2D eigenvalue weighted by Gasteiger charge is -2.19. The fourth-order valence-electron chi connectivity index (χ4n) is 3.66. The van der Waals surface area contributed by atoms with E-state index in [1.807, 2.05) is 0 Å². The van der Waals surface area contributed by atoms with Crippen LogP contribution < -0.4 is 10.9 Å². The highest BCUT2D eigenvalue weighted by molar-refractivity contribution is 7.99. The minimum atomic E-state index is -4.86. The van der Waals surface area contributed by atoms with Crippen molar-refractivity contribution in [3.05, 3.63) is 85.2 Å². The van der Waals surface area contributed by atoms with E-state index in [0.29, 0.717) is 34.6 Å². The van der Waals surface area contributed by atoms with Crippen LogP contribution in [0.2, 0.25) is 10.0 Å². The maximum absolute atomic E-state index is 13.5. The Labute approximate surface area is 216 Å². The molecular weight excluding hydrogens is 542 g/mol. The van der Waals surface area contributed by atoms with Crippen LogP contribution in [0, 0.1) is 0 Å². The number of hydrogen-bond acceptors (Lipinski definition) is 5. The number of halogens is 5. The number of hydrogen-bond donors (Lipinski definition) is 2. The molecule has 0 fully saturated rings. The zero-order chi connectivity index (χ0) is 26.2. The number of aromatic nitrogens is 1. The number of alkyl halides is 3. The van der Waals surface area contributed by atoms with Gasteiger partial charge in [0.15, 0.2) is 0 Å². The highest BCUT2D eigenvalue weighted by Crippen LogP contribution is 2.41. The summed E-state index contributed by atoms with van der Waals surface area (Å²) in [5.41, 5.74) is -1.28. The van der Waals surface area contributed by atoms with Gasteiger partial charge in [0.1, 0.15) is 11.3 Å². The number of anilines is 1. The molecule has 7 nitrogen and oxygen atoms in total. The van der Waals surface area contributed by atoms with Gasteiger partial charge in [-0.3, -0.25) is 14.9 Å². The van der Waals surface area contributed by atoms with Crippen molar-refractivity contribution < 1.29 is 27.5 Å². The van der Waals surface area contributed by atoms with E-state index in [2.05, 4.69) is 10.1 Å². The smallest absolute Gasteiger partial charge is 0.431 e. The fraction of sp³-hybridized carbons (Fsp3) is 0.174. The number of aromatic amines is 1. The zero-order valence-corrected chi connectivity index (χ0v) is 20.7. The second-order valence-corrected chi connectivity index (χ2v) is 9.49. The standard InChI is InChI=1S/C23H16Cl2F3N3O4S/c1-35-22(34)29-15-7-2-4-11-9-31(10-12(11)15)21(33)18-16(8-17(23(26,27)28)30-20(18)32)36-19-13(24)5-3-6-14(19)25/h2-8H,9-10H2,1H3,(H,29,34)(H,30,32). The number of fused-ring (bicyclic) bond motifs is 1. The normalized spacial score (nSPS) is 12.9. The summed E-state index contributed by atoms with van der Waals surface area (Å²) in [5, 5.41) is 2.85. The van der Waals surface area contributed by atoms with Crippen LogP contribution in [0.15, 0.2) is 57.1 Å². The molecule has 1 aromatic heterocycles. The fourth-order valence-corrected chi connectivity index (χ4v) is 5.30. The number of rotatable bonds is 4. The van der Waals surface area contributed by atoms with E-state index in [1.54, 1.807) is 29.2 Å². The van der Waals surface area contributed by atoms with Gasteiger partial charge in [-0.15, -0.1) is 0 Å². The van der Waals surface area contributed by atoms with Gasteiger partial charge >= 0.3 is 12.3 Å². The molecule has 1 aliphatic heterocycles. The van der Waals surface area contributed by atoms with Crippen LogP contribution in [0.3, 0.4) is 0 Å². The number of carbonyl (C=O) groups excluding carboxylic acids is 2. The van der Waals surface area contributed by atoms with Crippen molar-refractivity contribution >= 4 is 52.7 Å². The summed E-state index contributed by atoms with van der Waals surface area (Å²) in [6.07, 6.45) is -5.57. The Morgan fingerprint density at radius 1 is 1.11 bits per heavy atom. The van der Waals surface area contributed by atoms with Crippen LogP contribution >= 0.6 is 35.0 Å². The third-order valence-corrected chi connectivity index (χ3v) is 7.38. The Morgan fingerprint density at radius 3 is 2.42 bits per heavy atom. The molecule has 4 rings (SSSR count). The first-order chi connectivity index (χ1) is 17.0. The Kier molecular flexibility index (Phi) is 7.26. The van der Waals surface area contributed by atoms with Gasteiger partial charge in [0.05, 0.1) is 17.2 Å². The maximum atomic E-state index is 13.5. The highest BCUT2D eigenvalue weighted by Gasteiger charge is 2.36. The van der Waals surface area contributed by atoms with Gasteiger partial charge in [-0.25, -0.2) is 4.79 Å². The van der Waals surface area contributed by atoms with Crippen LogP contribution in [0.5, 0.6) is 0 Å². The van der Waals surface area contributed by atoms with Gasteiger partial charge in [-0.05, 0) is 29.8 Å². The van der Waals surface area contributed by atoms with E-state index in [4.69, 9.17) is 23.2 Å².